The van der Waals surface area contributed by atoms with Gasteiger partial charge in [0.05, 0.1) is 0 Å². The molecule has 0 bridgehead atoms. The Morgan fingerprint density at radius 2 is 2.00 bits per heavy atom. The number of nitrogens with one attached hydrogen (secondary N) is 1. The van der Waals surface area contributed by atoms with Crippen molar-refractivity contribution >= 4 is 11.8 Å². The van der Waals surface area contributed by atoms with E-state index in [4.69, 9.17) is 5.21 Å². The molecule has 2 amide bonds. The van der Waals surface area contributed by atoms with Gasteiger partial charge in [-0.15, -0.1) is 0 Å². The molecule has 0 heterocycles. The second kappa shape index (κ2) is 2.14. The SMILES string of the molecule is NC(=O)C(=O)NO. The summed E-state index contributed by atoms with van der Waals surface area (Å²) in [5.41, 5.74) is 5.39. The number of hydroxylamine groups is 1. The van der Waals surface area contributed by atoms with Gasteiger partial charge in [0.25, 0.3) is 0 Å². The molecule has 0 radical (unpaired) electrons. The molecule has 5 nitrogen and oxygen atoms in total. The van der Waals surface area contributed by atoms with Crippen LogP contribution in [0.15, 0.2) is 0 Å². The van der Waals surface area contributed by atoms with Gasteiger partial charge in [0.2, 0.25) is 0 Å². The van der Waals surface area contributed by atoms with Crippen molar-refractivity contribution in [2.24, 2.45) is 5.73 Å². The highest BCUT2D eigenvalue weighted by atomic mass is 16.5. The fraction of sp³-hybridized carbons (Fsp3) is 0. The molecule has 0 saturated heterocycles. The third kappa shape index (κ3) is 1.72. The number of nitrogens with two attached hydrogens (primary N) is 1. The van der Waals surface area contributed by atoms with Gasteiger partial charge in [-0.05, 0) is 0 Å². The van der Waals surface area contributed by atoms with Crippen molar-refractivity contribution in [3.8, 4) is 0 Å². The van der Waals surface area contributed by atoms with Crippen molar-refractivity contribution in [2.45, 2.75) is 0 Å². The quantitative estimate of drug-likeness (QED) is 0.188. The molecular weight excluding hydrogens is 100 g/mol. The zero-order valence-electron chi connectivity index (χ0n) is 3.34. The minimum Gasteiger partial charge on any atom is -0.361 e. The predicted molar refractivity (Wildman–Crippen MR) is 19.1 cm³/mol. The maximum atomic E-state index is 9.68. The Hall–Kier alpha value is -1.10. The minimum atomic E-state index is -1.21. The van der Waals surface area contributed by atoms with Crippen LogP contribution in [0, 0.1) is 0 Å². The molecule has 0 saturated carbocycles. The first kappa shape index (κ1) is 5.90. The van der Waals surface area contributed by atoms with Crippen molar-refractivity contribution in [1.82, 2.24) is 5.48 Å². The molecule has 0 aromatic carbocycles. The van der Waals surface area contributed by atoms with Crippen molar-refractivity contribution in [2.75, 3.05) is 0 Å². The Balaban J connectivity index is 3.58. The van der Waals surface area contributed by atoms with E-state index >= 15 is 0 Å². The van der Waals surface area contributed by atoms with Crippen molar-refractivity contribution in [3.05, 3.63) is 0 Å². The lowest BCUT2D eigenvalue weighted by atomic mass is 10.6. The summed E-state index contributed by atoms with van der Waals surface area (Å²) in [6.45, 7) is 0. The lowest BCUT2D eigenvalue weighted by Crippen LogP contribution is -2.33. The number of hydrogen-bond donors (Lipinski definition) is 3. The average Bonchev–Trinajstić information content (AvgIpc) is 1.65. The third-order valence-electron chi connectivity index (χ3n) is 0.325. The van der Waals surface area contributed by atoms with Gasteiger partial charge in [0.15, 0.2) is 0 Å². The Morgan fingerprint density at radius 3 is 2.00 bits per heavy atom. The van der Waals surface area contributed by atoms with Crippen LogP contribution in [0.3, 0.4) is 0 Å². The monoisotopic (exact) mass is 104 g/mol. The highest BCUT2D eigenvalue weighted by molar-refractivity contribution is 6.34. The summed E-state index contributed by atoms with van der Waals surface area (Å²) in [7, 11) is 0. The number of amides is 2. The van der Waals surface area contributed by atoms with E-state index in [2.05, 4.69) is 5.73 Å². The topological polar surface area (TPSA) is 92.4 Å². The highest BCUT2D eigenvalue weighted by Gasteiger charge is 2.03. The van der Waals surface area contributed by atoms with E-state index in [1.54, 1.807) is 0 Å². The molecule has 0 aromatic heterocycles. The Labute approximate surface area is 39.1 Å². The molecule has 0 rings (SSSR count). The lowest BCUT2D eigenvalue weighted by molar-refractivity contribution is -0.142. The Morgan fingerprint density at radius 1 is 1.57 bits per heavy atom. The van der Waals surface area contributed by atoms with Crippen LogP contribution in [0.5, 0.6) is 0 Å². The van der Waals surface area contributed by atoms with E-state index in [1.165, 1.54) is 0 Å². The molecular formula is C2H4N2O3. The van der Waals surface area contributed by atoms with E-state index in [-0.39, 0.29) is 0 Å². The first-order chi connectivity index (χ1) is 3.18. The van der Waals surface area contributed by atoms with Gasteiger partial charge in [-0.3, -0.25) is 14.8 Å². The average molecular weight is 104 g/mol. The number of hydrogen-bond acceptors (Lipinski definition) is 3. The van der Waals surface area contributed by atoms with Crippen LogP contribution in [0.4, 0.5) is 0 Å². The van der Waals surface area contributed by atoms with Crippen LogP contribution < -0.4 is 11.2 Å². The summed E-state index contributed by atoms with van der Waals surface area (Å²) in [5.74, 6) is -2.41. The summed E-state index contributed by atoms with van der Waals surface area (Å²) >= 11 is 0. The first-order valence-electron chi connectivity index (χ1n) is 1.42. The zero-order valence-corrected chi connectivity index (χ0v) is 3.34. The number of rotatable bonds is 0. The molecule has 0 aliphatic rings. The molecule has 40 valence electrons. The van der Waals surface area contributed by atoms with E-state index in [9.17, 15) is 9.59 Å². The van der Waals surface area contributed by atoms with Crippen molar-refractivity contribution < 1.29 is 14.8 Å². The van der Waals surface area contributed by atoms with Crippen LogP contribution in [0.2, 0.25) is 0 Å². The van der Waals surface area contributed by atoms with Gasteiger partial charge in [0.1, 0.15) is 0 Å². The second-order valence-corrected chi connectivity index (χ2v) is 0.805. The van der Waals surface area contributed by atoms with Gasteiger partial charge >= 0.3 is 11.8 Å². The molecule has 0 spiro atoms. The summed E-state index contributed by atoms with van der Waals surface area (Å²) in [5, 5.41) is 7.60. The van der Waals surface area contributed by atoms with Gasteiger partial charge in [-0.2, -0.15) is 0 Å². The van der Waals surface area contributed by atoms with Gasteiger partial charge in [0, 0.05) is 0 Å². The third-order valence-corrected chi connectivity index (χ3v) is 0.325. The molecule has 0 fully saturated rings. The molecule has 7 heavy (non-hydrogen) atoms. The zero-order chi connectivity index (χ0) is 5.86. The normalized spacial score (nSPS) is 7.57. The maximum Gasteiger partial charge on any atom is 0.332 e. The smallest absolute Gasteiger partial charge is 0.332 e. The molecule has 0 atom stereocenters. The van der Waals surface area contributed by atoms with Gasteiger partial charge < -0.3 is 5.73 Å². The molecule has 0 aliphatic carbocycles. The Kier molecular flexibility index (Phi) is 1.80. The first-order valence-corrected chi connectivity index (χ1v) is 1.42. The fourth-order valence-electron chi connectivity index (χ4n) is 0.0551. The molecule has 0 unspecified atom stereocenters. The minimum absolute atomic E-state index is 1.05. The van der Waals surface area contributed by atoms with Gasteiger partial charge in [-0.1, -0.05) is 0 Å². The van der Waals surface area contributed by atoms with Crippen LogP contribution in [0.25, 0.3) is 0 Å². The lowest BCUT2D eigenvalue weighted by Gasteiger charge is -1.85. The molecule has 0 aromatic rings. The number of carbonyl (C=O) groups excluding carboxylic acids is 2. The number of carbonyl (C=O) groups is 2. The standard InChI is InChI=1S/C2H4N2O3/c3-1(5)2(6)4-7/h7H,(H2,3,5)(H,4,6). The van der Waals surface area contributed by atoms with Crippen LogP contribution in [-0.4, -0.2) is 17.0 Å². The van der Waals surface area contributed by atoms with Crippen LogP contribution in [-0.2, 0) is 9.59 Å². The molecule has 4 N–H and O–H groups in total. The van der Waals surface area contributed by atoms with Crippen LogP contribution >= 0.6 is 0 Å². The predicted octanol–water partition coefficient (Wildman–Crippen LogP) is -2.02. The number of primary amides is 1. The van der Waals surface area contributed by atoms with E-state index in [1.807, 2.05) is 0 Å². The van der Waals surface area contributed by atoms with E-state index in [0.717, 1.165) is 5.48 Å². The summed E-state index contributed by atoms with van der Waals surface area (Å²) < 4.78 is 0. The van der Waals surface area contributed by atoms with E-state index in [0.29, 0.717) is 0 Å². The molecule has 5 heteroatoms. The van der Waals surface area contributed by atoms with Crippen molar-refractivity contribution in [3.63, 3.8) is 0 Å². The summed E-state index contributed by atoms with van der Waals surface area (Å²) in [4.78, 5) is 19.3. The Bertz CT molecular complexity index is 99.1. The van der Waals surface area contributed by atoms with E-state index < -0.39 is 11.8 Å². The largest absolute Gasteiger partial charge is 0.361 e. The summed E-state index contributed by atoms with van der Waals surface area (Å²) in [6, 6.07) is 0. The second-order valence-electron chi connectivity index (χ2n) is 0.805. The van der Waals surface area contributed by atoms with Crippen molar-refractivity contribution in [1.29, 1.82) is 0 Å². The van der Waals surface area contributed by atoms with Gasteiger partial charge in [-0.25, -0.2) is 5.48 Å². The van der Waals surface area contributed by atoms with Crippen LogP contribution in [0.1, 0.15) is 0 Å². The maximum absolute atomic E-state index is 9.68. The summed E-state index contributed by atoms with van der Waals surface area (Å²) in [6.07, 6.45) is 0. The highest BCUT2D eigenvalue weighted by Crippen LogP contribution is 1.52. The molecule has 0 aliphatic heterocycles. The fourth-order valence-corrected chi connectivity index (χ4v) is 0.0551.